The van der Waals surface area contributed by atoms with E-state index in [9.17, 15) is 9.90 Å². The number of rotatable bonds is 3. The first-order valence-corrected chi connectivity index (χ1v) is 6.86. The molecule has 0 spiro atoms. The molecule has 1 saturated carbocycles. The summed E-state index contributed by atoms with van der Waals surface area (Å²) in [5.74, 6) is 0.0516. The Balaban J connectivity index is 1.96. The molecule has 1 aromatic rings. The number of anilines is 1. The summed E-state index contributed by atoms with van der Waals surface area (Å²) in [6.45, 7) is 0. The molecule has 4 heteroatoms. The number of carbonyl (C=O) groups excluding carboxylic acids is 1. The van der Waals surface area contributed by atoms with Gasteiger partial charge >= 0.3 is 0 Å². The number of nitrogen functional groups attached to an aromatic ring is 1. The molecule has 2 unspecified atom stereocenters. The monoisotopic (exact) mass is 262 g/mol. The fourth-order valence-electron chi connectivity index (χ4n) is 2.66. The number of benzene rings is 1. The van der Waals surface area contributed by atoms with Gasteiger partial charge in [0.25, 0.3) is 0 Å². The average molecular weight is 262 g/mol. The van der Waals surface area contributed by atoms with E-state index in [0.717, 1.165) is 31.2 Å². The third-order valence-corrected chi connectivity index (χ3v) is 3.92. The molecular formula is C15H22N2O2. The highest BCUT2D eigenvalue weighted by atomic mass is 16.3. The van der Waals surface area contributed by atoms with Crippen molar-refractivity contribution >= 4 is 11.6 Å². The first kappa shape index (κ1) is 13.9. The molecule has 0 radical (unpaired) electrons. The molecule has 1 aliphatic rings. The molecule has 3 N–H and O–H groups in total. The lowest BCUT2D eigenvalue weighted by atomic mass is 9.91. The number of likely N-dealkylation sites (N-methyl/N-ethyl adjacent to an activating group) is 1. The van der Waals surface area contributed by atoms with Crippen molar-refractivity contribution in [2.75, 3.05) is 12.8 Å². The topological polar surface area (TPSA) is 66.6 Å². The zero-order valence-electron chi connectivity index (χ0n) is 11.4. The Labute approximate surface area is 114 Å². The maximum Gasteiger partial charge on any atom is 0.227 e. The Kier molecular flexibility index (Phi) is 4.43. The molecule has 1 aliphatic carbocycles. The maximum atomic E-state index is 12.2. The number of aliphatic hydroxyl groups excluding tert-OH is 1. The second-order valence-electron chi connectivity index (χ2n) is 5.34. The van der Waals surface area contributed by atoms with Crippen LogP contribution < -0.4 is 5.73 Å². The summed E-state index contributed by atoms with van der Waals surface area (Å²) in [5.41, 5.74) is 7.28. The largest absolute Gasteiger partial charge is 0.399 e. The van der Waals surface area contributed by atoms with Gasteiger partial charge in [-0.2, -0.15) is 0 Å². The second kappa shape index (κ2) is 6.06. The summed E-state index contributed by atoms with van der Waals surface area (Å²) in [6.07, 6.45) is 3.81. The molecule has 0 saturated heterocycles. The number of aliphatic hydroxyl groups is 1. The summed E-state index contributed by atoms with van der Waals surface area (Å²) in [7, 11) is 1.79. The molecule has 2 atom stereocenters. The minimum Gasteiger partial charge on any atom is -0.399 e. The van der Waals surface area contributed by atoms with Gasteiger partial charge in [-0.25, -0.2) is 0 Å². The molecule has 0 aromatic heterocycles. The number of amides is 1. The van der Waals surface area contributed by atoms with Gasteiger partial charge in [0.2, 0.25) is 5.91 Å². The van der Waals surface area contributed by atoms with E-state index in [-0.39, 0.29) is 18.1 Å². The van der Waals surface area contributed by atoms with Crippen molar-refractivity contribution in [3.05, 3.63) is 29.8 Å². The van der Waals surface area contributed by atoms with Crippen LogP contribution in [0.4, 0.5) is 5.69 Å². The predicted molar refractivity (Wildman–Crippen MR) is 75.6 cm³/mol. The van der Waals surface area contributed by atoms with E-state index >= 15 is 0 Å². The van der Waals surface area contributed by atoms with Crippen LogP contribution in [-0.4, -0.2) is 35.1 Å². The summed E-state index contributed by atoms with van der Waals surface area (Å²) >= 11 is 0. The Morgan fingerprint density at radius 1 is 1.32 bits per heavy atom. The van der Waals surface area contributed by atoms with Gasteiger partial charge in [-0.05, 0) is 30.5 Å². The van der Waals surface area contributed by atoms with Crippen LogP contribution in [0.25, 0.3) is 0 Å². The maximum absolute atomic E-state index is 12.2. The van der Waals surface area contributed by atoms with Gasteiger partial charge in [-0.1, -0.05) is 25.0 Å². The molecule has 2 rings (SSSR count). The second-order valence-corrected chi connectivity index (χ2v) is 5.34. The van der Waals surface area contributed by atoms with Crippen LogP contribution in [0.15, 0.2) is 24.3 Å². The van der Waals surface area contributed by atoms with Crippen LogP contribution in [0.3, 0.4) is 0 Å². The number of nitrogens with two attached hydrogens (primary N) is 1. The van der Waals surface area contributed by atoms with Gasteiger partial charge in [0, 0.05) is 12.7 Å². The lowest BCUT2D eigenvalue weighted by Gasteiger charge is -2.35. The van der Waals surface area contributed by atoms with Crippen LogP contribution in [0.5, 0.6) is 0 Å². The van der Waals surface area contributed by atoms with E-state index in [1.165, 1.54) is 0 Å². The van der Waals surface area contributed by atoms with Gasteiger partial charge in [-0.15, -0.1) is 0 Å². The molecule has 1 aromatic carbocycles. The van der Waals surface area contributed by atoms with E-state index in [1.807, 2.05) is 12.1 Å². The van der Waals surface area contributed by atoms with Crippen molar-refractivity contribution in [1.29, 1.82) is 0 Å². The Morgan fingerprint density at radius 3 is 2.58 bits per heavy atom. The first-order chi connectivity index (χ1) is 9.08. The van der Waals surface area contributed by atoms with Crippen molar-refractivity contribution < 1.29 is 9.90 Å². The SMILES string of the molecule is CN(C(=O)Cc1ccc(N)cc1)C1CCCCC1O. The predicted octanol–water partition coefficient (Wildman–Crippen LogP) is 1.57. The lowest BCUT2D eigenvalue weighted by molar-refractivity contribution is -0.134. The van der Waals surface area contributed by atoms with Crippen molar-refractivity contribution in [1.82, 2.24) is 4.90 Å². The van der Waals surface area contributed by atoms with E-state index in [4.69, 9.17) is 5.73 Å². The van der Waals surface area contributed by atoms with Gasteiger partial charge in [-0.3, -0.25) is 4.79 Å². The molecule has 1 fully saturated rings. The van der Waals surface area contributed by atoms with E-state index in [1.54, 1.807) is 24.1 Å². The van der Waals surface area contributed by atoms with Gasteiger partial charge in [0.15, 0.2) is 0 Å². The minimum absolute atomic E-state index is 0.0324. The van der Waals surface area contributed by atoms with Crippen LogP contribution in [0, 0.1) is 0 Å². The zero-order valence-corrected chi connectivity index (χ0v) is 11.4. The minimum atomic E-state index is -0.380. The fraction of sp³-hybridized carbons (Fsp3) is 0.533. The van der Waals surface area contributed by atoms with Gasteiger partial charge in [0.1, 0.15) is 0 Å². The van der Waals surface area contributed by atoms with Gasteiger partial charge in [0.05, 0.1) is 18.6 Å². The van der Waals surface area contributed by atoms with E-state index in [2.05, 4.69) is 0 Å². The highest BCUT2D eigenvalue weighted by Gasteiger charge is 2.29. The van der Waals surface area contributed by atoms with Crippen LogP contribution in [0.2, 0.25) is 0 Å². The quantitative estimate of drug-likeness (QED) is 0.813. The number of hydrogen-bond acceptors (Lipinski definition) is 3. The molecule has 1 amide bonds. The third kappa shape index (κ3) is 3.47. The number of hydrogen-bond donors (Lipinski definition) is 2. The van der Waals surface area contributed by atoms with Crippen molar-refractivity contribution in [3.8, 4) is 0 Å². The van der Waals surface area contributed by atoms with Crippen LogP contribution in [0.1, 0.15) is 31.2 Å². The van der Waals surface area contributed by atoms with Crippen molar-refractivity contribution in [2.45, 2.75) is 44.2 Å². The summed E-state index contributed by atoms with van der Waals surface area (Å²) in [4.78, 5) is 13.9. The average Bonchev–Trinajstić information content (AvgIpc) is 2.41. The highest BCUT2D eigenvalue weighted by molar-refractivity contribution is 5.79. The fourth-order valence-corrected chi connectivity index (χ4v) is 2.66. The Morgan fingerprint density at radius 2 is 1.95 bits per heavy atom. The smallest absolute Gasteiger partial charge is 0.227 e. The van der Waals surface area contributed by atoms with E-state index < -0.39 is 0 Å². The normalized spacial score (nSPS) is 23.1. The summed E-state index contributed by atoms with van der Waals surface area (Å²) in [6, 6.07) is 7.32. The van der Waals surface area contributed by atoms with Crippen LogP contribution in [-0.2, 0) is 11.2 Å². The highest BCUT2D eigenvalue weighted by Crippen LogP contribution is 2.23. The molecule has 104 valence electrons. The van der Waals surface area contributed by atoms with E-state index in [0.29, 0.717) is 12.1 Å². The Bertz CT molecular complexity index is 430. The third-order valence-electron chi connectivity index (χ3n) is 3.92. The first-order valence-electron chi connectivity index (χ1n) is 6.86. The molecule has 0 aliphatic heterocycles. The van der Waals surface area contributed by atoms with Crippen molar-refractivity contribution in [2.24, 2.45) is 0 Å². The van der Waals surface area contributed by atoms with Crippen molar-refractivity contribution in [3.63, 3.8) is 0 Å². The standard InChI is InChI=1S/C15H22N2O2/c1-17(13-4-2-3-5-14(13)18)15(19)10-11-6-8-12(16)9-7-11/h6-9,13-14,18H,2-5,10,16H2,1H3. The zero-order chi connectivity index (χ0) is 13.8. The number of nitrogens with zero attached hydrogens (tertiary/aromatic N) is 1. The molecule has 19 heavy (non-hydrogen) atoms. The lowest BCUT2D eigenvalue weighted by Crippen LogP contribution is -2.46. The Hall–Kier alpha value is -1.55. The van der Waals surface area contributed by atoms with Gasteiger partial charge < -0.3 is 15.7 Å². The molecule has 0 bridgehead atoms. The molecular weight excluding hydrogens is 240 g/mol. The summed E-state index contributed by atoms with van der Waals surface area (Å²) in [5, 5.41) is 9.98. The van der Waals surface area contributed by atoms with Crippen LogP contribution >= 0.6 is 0 Å². The number of carbonyl (C=O) groups is 1. The molecule has 0 heterocycles. The molecule has 4 nitrogen and oxygen atoms in total. The summed E-state index contributed by atoms with van der Waals surface area (Å²) < 4.78 is 0.